The molecule has 1 fully saturated rings. The number of anilines is 1. The van der Waals surface area contributed by atoms with E-state index in [1.807, 2.05) is 19.2 Å². The van der Waals surface area contributed by atoms with Gasteiger partial charge in [-0.1, -0.05) is 0 Å². The van der Waals surface area contributed by atoms with Gasteiger partial charge in [-0.05, 0) is 45.6 Å². The van der Waals surface area contributed by atoms with Gasteiger partial charge < -0.3 is 10.1 Å². The van der Waals surface area contributed by atoms with Crippen LogP contribution in [0.15, 0.2) is 12.3 Å². The Hall–Kier alpha value is -1.16. The van der Waals surface area contributed by atoms with E-state index in [2.05, 4.69) is 22.2 Å². The molecule has 0 saturated heterocycles. The maximum Gasteiger partial charge on any atom is 0.162 e. The zero-order valence-electron chi connectivity index (χ0n) is 10.7. The number of nitrogens with zero attached hydrogens (tertiary/aromatic N) is 2. The molecule has 1 aliphatic rings. The van der Waals surface area contributed by atoms with Crippen molar-refractivity contribution < 1.29 is 4.74 Å². The van der Waals surface area contributed by atoms with Gasteiger partial charge in [-0.25, -0.2) is 9.97 Å². The summed E-state index contributed by atoms with van der Waals surface area (Å²) in [5, 5.41) is 3.22. The average molecular weight is 235 g/mol. The zero-order valence-corrected chi connectivity index (χ0v) is 10.7. The topological polar surface area (TPSA) is 47.0 Å². The van der Waals surface area contributed by atoms with Gasteiger partial charge in [0.25, 0.3) is 0 Å². The first-order chi connectivity index (χ1) is 8.30. The fourth-order valence-electron chi connectivity index (χ4n) is 2.51. The second-order valence-electron chi connectivity index (χ2n) is 4.43. The Labute approximate surface area is 103 Å². The van der Waals surface area contributed by atoms with Crippen molar-refractivity contribution in [3.63, 3.8) is 0 Å². The average Bonchev–Trinajstić information content (AvgIpc) is 2.80. The van der Waals surface area contributed by atoms with E-state index in [9.17, 15) is 0 Å². The van der Waals surface area contributed by atoms with E-state index in [0.717, 1.165) is 37.6 Å². The van der Waals surface area contributed by atoms with Crippen molar-refractivity contribution in [2.75, 3.05) is 18.5 Å². The van der Waals surface area contributed by atoms with Gasteiger partial charge >= 0.3 is 0 Å². The van der Waals surface area contributed by atoms with Crippen molar-refractivity contribution >= 4 is 5.82 Å². The summed E-state index contributed by atoms with van der Waals surface area (Å²) >= 11 is 0. The molecule has 2 rings (SSSR count). The van der Waals surface area contributed by atoms with Gasteiger partial charge in [0.1, 0.15) is 11.4 Å². The largest absolute Gasteiger partial charge is 0.370 e. The molecular formula is C13H21N3O. The fourth-order valence-corrected chi connectivity index (χ4v) is 2.51. The van der Waals surface area contributed by atoms with Crippen LogP contribution in [0.3, 0.4) is 0 Å². The molecule has 0 radical (unpaired) electrons. The van der Waals surface area contributed by atoms with E-state index >= 15 is 0 Å². The Bertz CT molecular complexity index is 361. The van der Waals surface area contributed by atoms with E-state index in [1.165, 1.54) is 12.8 Å². The summed E-state index contributed by atoms with van der Waals surface area (Å²) in [6.07, 6.45) is 6.30. The molecule has 0 atom stereocenters. The molecule has 1 aliphatic carbocycles. The lowest BCUT2D eigenvalue weighted by atomic mass is 10.0. The third-order valence-electron chi connectivity index (χ3n) is 3.25. The molecule has 1 saturated carbocycles. The highest BCUT2D eigenvalue weighted by atomic mass is 16.5. The molecule has 0 unspecified atom stereocenters. The molecule has 0 aliphatic heterocycles. The maximum atomic E-state index is 5.96. The lowest BCUT2D eigenvalue weighted by Gasteiger charge is -2.27. The lowest BCUT2D eigenvalue weighted by Crippen LogP contribution is -2.29. The molecule has 0 amide bonds. The molecule has 94 valence electrons. The first kappa shape index (κ1) is 12.3. The van der Waals surface area contributed by atoms with Crippen LogP contribution in [-0.2, 0) is 10.3 Å². The minimum atomic E-state index is -0.236. The molecule has 1 heterocycles. The number of rotatable bonds is 5. The summed E-state index contributed by atoms with van der Waals surface area (Å²) in [5.41, 5.74) is -0.236. The Kier molecular flexibility index (Phi) is 3.94. The SMILES string of the molecule is CCNc1ccnc(C2(OCC)CCCC2)n1. The number of hydrogen-bond acceptors (Lipinski definition) is 4. The summed E-state index contributed by atoms with van der Waals surface area (Å²) < 4.78 is 5.96. The molecule has 4 nitrogen and oxygen atoms in total. The lowest BCUT2D eigenvalue weighted by molar-refractivity contribution is -0.0456. The summed E-state index contributed by atoms with van der Waals surface area (Å²) in [5.74, 6) is 1.73. The van der Waals surface area contributed by atoms with Crippen molar-refractivity contribution in [1.82, 2.24) is 9.97 Å². The zero-order chi connectivity index (χ0) is 12.1. The highest BCUT2D eigenvalue weighted by molar-refractivity contribution is 5.33. The molecule has 0 spiro atoms. The van der Waals surface area contributed by atoms with Gasteiger partial charge in [0.2, 0.25) is 0 Å². The van der Waals surface area contributed by atoms with Gasteiger partial charge in [-0.3, -0.25) is 0 Å². The monoisotopic (exact) mass is 235 g/mol. The Balaban J connectivity index is 2.26. The van der Waals surface area contributed by atoms with Crippen LogP contribution in [0.2, 0.25) is 0 Å². The summed E-state index contributed by atoms with van der Waals surface area (Å²) in [4.78, 5) is 9.01. The third kappa shape index (κ3) is 2.57. The second kappa shape index (κ2) is 5.45. The van der Waals surface area contributed by atoms with Crippen LogP contribution in [0.5, 0.6) is 0 Å². The fraction of sp³-hybridized carbons (Fsp3) is 0.692. The van der Waals surface area contributed by atoms with Crippen LogP contribution in [0.1, 0.15) is 45.4 Å². The minimum Gasteiger partial charge on any atom is -0.370 e. The predicted molar refractivity (Wildman–Crippen MR) is 68.0 cm³/mol. The van der Waals surface area contributed by atoms with E-state index in [-0.39, 0.29) is 5.60 Å². The number of nitrogens with one attached hydrogen (secondary N) is 1. The molecule has 1 aromatic rings. The van der Waals surface area contributed by atoms with E-state index < -0.39 is 0 Å². The van der Waals surface area contributed by atoms with Crippen LogP contribution in [0.4, 0.5) is 5.82 Å². The standard InChI is InChI=1S/C13H21N3O/c1-3-14-11-7-10-15-12(16-11)13(17-4-2)8-5-6-9-13/h7,10H,3-6,8-9H2,1-2H3,(H,14,15,16). The third-order valence-corrected chi connectivity index (χ3v) is 3.25. The molecule has 17 heavy (non-hydrogen) atoms. The van der Waals surface area contributed by atoms with Gasteiger partial charge in [0.15, 0.2) is 5.82 Å². The molecule has 4 heteroatoms. The van der Waals surface area contributed by atoms with Gasteiger partial charge in [0, 0.05) is 19.3 Å². The highest BCUT2D eigenvalue weighted by Crippen LogP contribution is 2.40. The molecule has 0 bridgehead atoms. The van der Waals surface area contributed by atoms with Crippen molar-refractivity contribution in [3.05, 3.63) is 18.1 Å². The number of ether oxygens (including phenoxy) is 1. The smallest absolute Gasteiger partial charge is 0.162 e. The minimum absolute atomic E-state index is 0.236. The first-order valence-electron chi connectivity index (χ1n) is 6.52. The van der Waals surface area contributed by atoms with Crippen LogP contribution >= 0.6 is 0 Å². The Morgan fingerprint density at radius 3 is 2.76 bits per heavy atom. The quantitative estimate of drug-likeness (QED) is 0.852. The summed E-state index contributed by atoms with van der Waals surface area (Å²) in [6.45, 7) is 5.69. The van der Waals surface area contributed by atoms with E-state index in [4.69, 9.17) is 4.74 Å². The van der Waals surface area contributed by atoms with E-state index in [0.29, 0.717) is 0 Å². The van der Waals surface area contributed by atoms with Crippen molar-refractivity contribution in [2.45, 2.75) is 45.1 Å². The van der Waals surface area contributed by atoms with Crippen LogP contribution in [-0.4, -0.2) is 23.1 Å². The number of aromatic nitrogens is 2. The molecule has 0 aromatic carbocycles. The van der Waals surface area contributed by atoms with Gasteiger partial charge in [-0.2, -0.15) is 0 Å². The molecule has 1 N–H and O–H groups in total. The van der Waals surface area contributed by atoms with Crippen LogP contribution < -0.4 is 5.32 Å². The molecular weight excluding hydrogens is 214 g/mol. The number of hydrogen-bond donors (Lipinski definition) is 1. The normalized spacial score (nSPS) is 18.2. The van der Waals surface area contributed by atoms with Gasteiger partial charge in [0.05, 0.1) is 0 Å². The summed E-state index contributed by atoms with van der Waals surface area (Å²) in [6, 6.07) is 1.90. The van der Waals surface area contributed by atoms with Crippen molar-refractivity contribution in [1.29, 1.82) is 0 Å². The summed E-state index contributed by atoms with van der Waals surface area (Å²) in [7, 11) is 0. The Morgan fingerprint density at radius 1 is 1.35 bits per heavy atom. The highest BCUT2D eigenvalue weighted by Gasteiger charge is 2.39. The van der Waals surface area contributed by atoms with Crippen molar-refractivity contribution in [2.24, 2.45) is 0 Å². The second-order valence-corrected chi connectivity index (χ2v) is 4.43. The molecule has 1 aromatic heterocycles. The first-order valence-corrected chi connectivity index (χ1v) is 6.52. The van der Waals surface area contributed by atoms with E-state index in [1.54, 1.807) is 0 Å². The van der Waals surface area contributed by atoms with Crippen LogP contribution in [0.25, 0.3) is 0 Å². The van der Waals surface area contributed by atoms with Crippen LogP contribution in [0, 0.1) is 0 Å². The maximum absolute atomic E-state index is 5.96. The Morgan fingerprint density at radius 2 is 2.12 bits per heavy atom. The predicted octanol–water partition coefficient (Wildman–Crippen LogP) is 2.71. The van der Waals surface area contributed by atoms with Crippen molar-refractivity contribution in [3.8, 4) is 0 Å². The van der Waals surface area contributed by atoms with Gasteiger partial charge in [-0.15, -0.1) is 0 Å².